The number of hydrogen-bond acceptors (Lipinski definition) is 6. The topological polar surface area (TPSA) is 94.0 Å². The summed E-state index contributed by atoms with van der Waals surface area (Å²) in [7, 11) is -3.58. The second-order valence-corrected chi connectivity index (χ2v) is 14.3. The summed E-state index contributed by atoms with van der Waals surface area (Å²) in [5, 5.41) is 4.71. The molecule has 14 heteroatoms. The molecule has 3 aromatic carbocycles. The SMILES string of the molecule is COCN(c1cccc(-c2nn(C3CC4CCCN(C(=O)OCc5ccccc5)C4C3)cc2Br)c1F)S(=O)(=O)c1cc(F)ccc1F. The third-order valence-electron chi connectivity index (χ3n) is 8.72. The maximum atomic E-state index is 16.2. The predicted molar refractivity (Wildman–Crippen MR) is 171 cm³/mol. The summed E-state index contributed by atoms with van der Waals surface area (Å²) in [6.07, 6.45) is 4.63. The van der Waals surface area contributed by atoms with Crippen LogP contribution < -0.4 is 4.31 Å². The molecule has 9 nitrogen and oxygen atoms in total. The van der Waals surface area contributed by atoms with Crippen LogP contribution in [0.1, 0.15) is 37.3 Å². The van der Waals surface area contributed by atoms with Crippen LogP contribution >= 0.6 is 15.9 Å². The van der Waals surface area contributed by atoms with Gasteiger partial charge in [0.05, 0.1) is 16.2 Å². The number of hydrogen-bond donors (Lipinski definition) is 0. The molecule has 47 heavy (non-hydrogen) atoms. The van der Waals surface area contributed by atoms with Gasteiger partial charge in [-0.25, -0.2) is 30.7 Å². The van der Waals surface area contributed by atoms with E-state index in [0.717, 1.165) is 30.9 Å². The molecule has 2 heterocycles. The molecular weight excluding hydrogens is 701 g/mol. The van der Waals surface area contributed by atoms with Crippen LogP contribution in [0.15, 0.2) is 82.3 Å². The van der Waals surface area contributed by atoms with E-state index in [9.17, 15) is 22.0 Å². The highest BCUT2D eigenvalue weighted by atomic mass is 79.9. The normalized spacial score (nSPS) is 19.4. The zero-order valence-electron chi connectivity index (χ0n) is 25.4. The fraction of sp³-hybridized carbons (Fsp3) is 0.333. The minimum Gasteiger partial charge on any atom is -0.445 e. The van der Waals surface area contributed by atoms with E-state index in [1.54, 1.807) is 10.9 Å². The van der Waals surface area contributed by atoms with Crippen LogP contribution in [-0.4, -0.2) is 55.6 Å². The van der Waals surface area contributed by atoms with Crippen LogP contribution in [0.2, 0.25) is 0 Å². The molecule has 1 saturated heterocycles. The van der Waals surface area contributed by atoms with E-state index in [-0.39, 0.29) is 42.0 Å². The highest BCUT2D eigenvalue weighted by molar-refractivity contribution is 9.10. The maximum absolute atomic E-state index is 16.2. The minimum absolute atomic E-state index is 0.00864. The van der Waals surface area contributed by atoms with E-state index < -0.39 is 44.8 Å². The van der Waals surface area contributed by atoms with Gasteiger partial charge in [0.1, 0.15) is 35.6 Å². The second-order valence-electron chi connectivity index (χ2n) is 11.6. The number of piperidine rings is 1. The number of halogens is 4. The van der Waals surface area contributed by atoms with Gasteiger partial charge in [-0.15, -0.1) is 0 Å². The number of benzene rings is 3. The lowest BCUT2D eigenvalue weighted by Crippen LogP contribution is -2.46. The molecule has 3 atom stereocenters. The number of fused-ring (bicyclic) bond motifs is 1. The van der Waals surface area contributed by atoms with E-state index in [4.69, 9.17) is 14.6 Å². The number of methoxy groups -OCH3 is 1. The van der Waals surface area contributed by atoms with Crippen LogP contribution in [0.5, 0.6) is 0 Å². The Bertz CT molecular complexity index is 1880. The summed E-state index contributed by atoms with van der Waals surface area (Å²) in [6, 6.07) is 15.5. The molecule has 0 N–H and O–H groups in total. The summed E-state index contributed by atoms with van der Waals surface area (Å²) in [4.78, 5) is 14.0. The Morgan fingerprint density at radius 2 is 1.85 bits per heavy atom. The van der Waals surface area contributed by atoms with Crippen molar-refractivity contribution in [1.29, 1.82) is 0 Å². The van der Waals surface area contributed by atoms with Crippen LogP contribution in [0, 0.1) is 23.4 Å². The average Bonchev–Trinajstić information content (AvgIpc) is 3.68. The number of nitrogens with zero attached hydrogens (tertiary/aromatic N) is 4. The number of sulfonamides is 1. The van der Waals surface area contributed by atoms with Gasteiger partial charge in [-0.3, -0.25) is 4.68 Å². The average molecular weight is 734 g/mol. The van der Waals surface area contributed by atoms with E-state index in [2.05, 4.69) is 15.9 Å². The molecule has 0 spiro atoms. The van der Waals surface area contributed by atoms with Crippen molar-refractivity contribution < 1.29 is 35.9 Å². The first kappa shape index (κ1) is 33.0. The van der Waals surface area contributed by atoms with Gasteiger partial charge in [0, 0.05) is 31.5 Å². The van der Waals surface area contributed by atoms with Crippen molar-refractivity contribution >= 4 is 37.7 Å². The Kier molecular flexibility index (Phi) is 9.62. The number of aromatic nitrogens is 2. The second kappa shape index (κ2) is 13.7. The van der Waals surface area contributed by atoms with Gasteiger partial charge < -0.3 is 14.4 Å². The van der Waals surface area contributed by atoms with Crippen molar-refractivity contribution in [3.63, 3.8) is 0 Å². The maximum Gasteiger partial charge on any atom is 0.410 e. The summed E-state index contributed by atoms with van der Waals surface area (Å²) < 4.78 is 85.1. The van der Waals surface area contributed by atoms with Crippen molar-refractivity contribution in [2.24, 2.45) is 5.92 Å². The monoisotopic (exact) mass is 732 g/mol. The van der Waals surface area contributed by atoms with Crippen LogP contribution in [-0.2, 0) is 26.1 Å². The zero-order valence-corrected chi connectivity index (χ0v) is 27.8. The molecule has 2 aliphatic rings. The lowest BCUT2D eigenvalue weighted by molar-refractivity contribution is 0.0568. The van der Waals surface area contributed by atoms with E-state index in [1.807, 2.05) is 35.2 Å². The molecule has 2 fully saturated rings. The number of carbonyl (C=O) groups is 1. The summed E-state index contributed by atoms with van der Waals surface area (Å²) in [5.74, 6) is -2.85. The molecular formula is C33H32BrF3N4O5S. The molecule has 1 aliphatic heterocycles. The number of anilines is 1. The third kappa shape index (κ3) is 6.63. The fourth-order valence-electron chi connectivity index (χ4n) is 6.51. The third-order valence-corrected chi connectivity index (χ3v) is 11.0. The highest BCUT2D eigenvalue weighted by Crippen LogP contribution is 2.44. The number of rotatable bonds is 9. The van der Waals surface area contributed by atoms with Crippen molar-refractivity contribution in [3.8, 4) is 11.3 Å². The molecule has 1 saturated carbocycles. The summed E-state index contributed by atoms with van der Waals surface area (Å²) in [6.45, 7) is 0.134. The molecule has 1 aliphatic carbocycles. The number of carbonyl (C=O) groups excluding carboxylic acids is 1. The Balaban J connectivity index is 1.24. The molecule has 4 aromatic rings. The smallest absolute Gasteiger partial charge is 0.410 e. The van der Waals surface area contributed by atoms with E-state index >= 15 is 4.39 Å². The van der Waals surface area contributed by atoms with E-state index in [0.29, 0.717) is 33.9 Å². The van der Waals surface area contributed by atoms with Gasteiger partial charge in [0.15, 0.2) is 5.82 Å². The Morgan fingerprint density at radius 3 is 2.62 bits per heavy atom. The molecule has 248 valence electrons. The highest BCUT2D eigenvalue weighted by Gasteiger charge is 2.43. The number of amides is 1. The predicted octanol–water partition coefficient (Wildman–Crippen LogP) is 7.28. The van der Waals surface area contributed by atoms with Crippen LogP contribution in [0.3, 0.4) is 0 Å². The van der Waals surface area contributed by atoms with Gasteiger partial charge in [-0.05, 0) is 83.4 Å². The molecule has 1 aromatic heterocycles. The van der Waals surface area contributed by atoms with Crippen molar-refractivity contribution in [3.05, 3.63) is 100 Å². The van der Waals surface area contributed by atoms with Gasteiger partial charge >= 0.3 is 6.09 Å². The van der Waals surface area contributed by atoms with Gasteiger partial charge in [0.25, 0.3) is 10.0 Å². The zero-order chi connectivity index (χ0) is 33.3. The Hall–Kier alpha value is -3.88. The molecule has 0 radical (unpaired) electrons. The summed E-state index contributed by atoms with van der Waals surface area (Å²) in [5.41, 5.74) is 0.703. The van der Waals surface area contributed by atoms with E-state index in [1.165, 1.54) is 25.3 Å². The molecule has 3 unspecified atom stereocenters. The number of likely N-dealkylation sites (tertiary alicyclic amines) is 1. The summed E-state index contributed by atoms with van der Waals surface area (Å²) >= 11 is 3.49. The Morgan fingerprint density at radius 1 is 1.06 bits per heavy atom. The van der Waals surface area contributed by atoms with Gasteiger partial charge in [-0.2, -0.15) is 5.10 Å². The standard InChI is InChI=1S/C33H32BrF3N4O5S/c1-45-20-41(47(43,44)30-16-23(35)12-13-27(30)36)28-11-5-10-25(31(28)37)32-26(34)18-40(38-32)24-15-22-9-6-14-39(29(22)17-24)33(42)46-19-21-7-3-2-4-8-21/h2-5,7-8,10-13,16,18,22,24,29H,6,9,14-15,17,19-20H2,1H3. The first-order valence-electron chi connectivity index (χ1n) is 15.1. The van der Waals surface area contributed by atoms with Crippen LogP contribution in [0.4, 0.5) is 23.7 Å². The van der Waals surface area contributed by atoms with Crippen molar-refractivity contribution in [1.82, 2.24) is 14.7 Å². The minimum atomic E-state index is -4.78. The van der Waals surface area contributed by atoms with Crippen molar-refractivity contribution in [2.75, 3.05) is 24.7 Å². The lowest BCUT2D eigenvalue weighted by atomic mass is 9.92. The largest absolute Gasteiger partial charge is 0.445 e. The number of ether oxygens (including phenoxy) is 2. The van der Waals surface area contributed by atoms with Crippen LogP contribution in [0.25, 0.3) is 11.3 Å². The first-order valence-corrected chi connectivity index (χ1v) is 17.3. The van der Waals surface area contributed by atoms with Crippen molar-refractivity contribution in [2.45, 2.75) is 49.3 Å². The Labute approximate surface area is 279 Å². The molecule has 1 amide bonds. The molecule has 0 bridgehead atoms. The first-order chi connectivity index (χ1) is 22.6. The molecule has 6 rings (SSSR count). The quantitative estimate of drug-likeness (QED) is 0.168. The fourth-order valence-corrected chi connectivity index (χ4v) is 8.47. The van der Waals surface area contributed by atoms with Gasteiger partial charge in [-0.1, -0.05) is 36.4 Å². The lowest BCUT2D eigenvalue weighted by Gasteiger charge is -2.36. The van der Waals surface area contributed by atoms with Gasteiger partial charge in [0.2, 0.25) is 0 Å².